The number of Topliss-reactive ketones (excluding diaryl/α,β-unsaturated/α-hetero) is 1. The number of nitrogens with zero attached hydrogens (tertiary/aromatic N) is 1. The first-order valence-corrected chi connectivity index (χ1v) is 6.59. The summed E-state index contributed by atoms with van der Waals surface area (Å²) in [7, 11) is 0. The van der Waals surface area contributed by atoms with E-state index < -0.39 is 16.6 Å². The highest BCUT2D eigenvalue weighted by atomic mass is 35.5. The fraction of sp³-hybridized carbons (Fsp3) is 0.467. The fourth-order valence-corrected chi connectivity index (χ4v) is 2.94. The van der Waals surface area contributed by atoms with Gasteiger partial charge in [0.25, 0.3) is 0 Å². The average Bonchev–Trinajstić information content (AvgIpc) is 2.57. The molecule has 1 aromatic rings. The molecule has 1 unspecified atom stereocenters. The zero-order valence-corrected chi connectivity index (χ0v) is 11.7. The van der Waals surface area contributed by atoms with Crippen LogP contribution in [0.1, 0.15) is 32.3 Å². The van der Waals surface area contributed by atoms with Gasteiger partial charge in [-0.05, 0) is 37.0 Å². The second kappa shape index (κ2) is 4.61. The Morgan fingerprint density at radius 1 is 1.42 bits per heavy atom. The van der Waals surface area contributed by atoms with Gasteiger partial charge in [-0.2, -0.15) is 5.26 Å². The Morgan fingerprint density at radius 2 is 2.11 bits per heavy atom. The van der Waals surface area contributed by atoms with Crippen molar-refractivity contribution in [2.24, 2.45) is 10.8 Å². The molecule has 0 heterocycles. The topological polar surface area (TPSA) is 40.9 Å². The summed E-state index contributed by atoms with van der Waals surface area (Å²) in [5.74, 6) is -0.458. The van der Waals surface area contributed by atoms with Gasteiger partial charge in [0.1, 0.15) is 11.2 Å². The third-order valence-corrected chi connectivity index (χ3v) is 4.30. The molecule has 1 saturated carbocycles. The number of benzene rings is 1. The molecule has 2 rings (SSSR count). The molecule has 19 heavy (non-hydrogen) atoms. The van der Waals surface area contributed by atoms with E-state index >= 15 is 0 Å². The molecule has 0 aliphatic heterocycles. The minimum atomic E-state index is -1.02. The molecule has 1 atom stereocenters. The Hall–Kier alpha value is -1.40. The molecule has 4 heteroatoms. The van der Waals surface area contributed by atoms with Crippen molar-refractivity contribution < 1.29 is 9.18 Å². The van der Waals surface area contributed by atoms with E-state index in [1.807, 2.05) is 13.8 Å². The molecular weight excluding hydrogens is 265 g/mol. The lowest BCUT2D eigenvalue weighted by molar-refractivity contribution is -0.130. The fourth-order valence-electron chi connectivity index (χ4n) is 2.71. The standard InChI is InChI=1S/C15H15ClFNO/c1-14(2)5-6-15(9-18,13(14)19)8-10-3-4-11(17)7-12(10)16/h3-4,7H,5-6,8H2,1-2H3. The minimum Gasteiger partial charge on any atom is -0.297 e. The third kappa shape index (κ3) is 2.37. The lowest BCUT2D eigenvalue weighted by Gasteiger charge is -2.22. The van der Waals surface area contributed by atoms with Crippen molar-refractivity contribution in [2.75, 3.05) is 0 Å². The van der Waals surface area contributed by atoms with E-state index in [2.05, 4.69) is 6.07 Å². The van der Waals surface area contributed by atoms with Crippen LogP contribution in [0.25, 0.3) is 0 Å². The van der Waals surface area contributed by atoms with Crippen molar-refractivity contribution in [3.8, 4) is 6.07 Å². The molecule has 2 nitrogen and oxygen atoms in total. The predicted octanol–water partition coefficient (Wildman–Crippen LogP) is 3.92. The number of ketones is 1. The van der Waals surface area contributed by atoms with Crippen LogP contribution < -0.4 is 0 Å². The molecule has 0 spiro atoms. The van der Waals surface area contributed by atoms with Crippen LogP contribution in [0, 0.1) is 28.0 Å². The number of rotatable bonds is 2. The Morgan fingerprint density at radius 3 is 2.58 bits per heavy atom. The van der Waals surface area contributed by atoms with Gasteiger partial charge in [0.05, 0.1) is 6.07 Å². The first-order chi connectivity index (χ1) is 8.81. The van der Waals surface area contributed by atoms with Crippen LogP contribution in [-0.4, -0.2) is 5.78 Å². The lowest BCUT2D eigenvalue weighted by atomic mass is 9.77. The summed E-state index contributed by atoms with van der Waals surface area (Å²) in [6, 6.07) is 6.24. The van der Waals surface area contributed by atoms with Crippen LogP contribution in [-0.2, 0) is 11.2 Å². The van der Waals surface area contributed by atoms with Crippen LogP contribution >= 0.6 is 11.6 Å². The van der Waals surface area contributed by atoms with Crippen molar-refractivity contribution in [3.63, 3.8) is 0 Å². The first kappa shape index (κ1) is 14.0. The maximum atomic E-state index is 13.0. The highest BCUT2D eigenvalue weighted by Gasteiger charge is 2.52. The van der Waals surface area contributed by atoms with Crippen molar-refractivity contribution in [3.05, 3.63) is 34.6 Å². The molecular formula is C15H15ClFNO. The summed E-state index contributed by atoms with van der Waals surface area (Å²) in [5.41, 5.74) is -0.844. The number of hydrogen-bond acceptors (Lipinski definition) is 2. The second-order valence-corrected chi connectivity index (χ2v) is 6.23. The summed E-state index contributed by atoms with van der Waals surface area (Å²) in [4.78, 5) is 12.4. The maximum Gasteiger partial charge on any atom is 0.158 e. The number of carbonyl (C=O) groups excluding carboxylic acids is 1. The lowest BCUT2D eigenvalue weighted by Crippen LogP contribution is -2.33. The molecule has 1 aromatic carbocycles. The van der Waals surface area contributed by atoms with Gasteiger partial charge in [0, 0.05) is 10.4 Å². The zero-order valence-electron chi connectivity index (χ0n) is 11.0. The first-order valence-electron chi connectivity index (χ1n) is 6.21. The van der Waals surface area contributed by atoms with E-state index in [-0.39, 0.29) is 17.2 Å². The molecule has 0 amide bonds. The Bertz CT molecular complexity index is 576. The van der Waals surface area contributed by atoms with Crippen LogP contribution in [0.3, 0.4) is 0 Å². The number of hydrogen-bond donors (Lipinski definition) is 0. The van der Waals surface area contributed by atoms with Crippen molar-refractivity contribution in [2.45, 2.75) is 33.1 Å². The molecule has 0 N–H and O–H groups in total. The largest absolute Gasteiger partial charge is 0.297 e. The van der Waals surface area contributed by atoms with E-state index in [0.29, 0.717) is 18.4 Å². The van der Waals surface area contributed by atoms with E-state index in [1.54, 1.807) is 6.07 Å². The Balaban J connectivity index is 2.36. The van der Waals surface area contributed by atoms with Crippen molar-refractivity contribution in [1.29, 1.82) is 5.26 Å². The summed E-state index contributed by atoms with van der Waals surface area (Å²) < 4.78 is 13.0. The SMILES string of the molecule is CC1(C)CCC(C#N)(Cc2ccc(F)cc2Cl)C1=O. The smallest absolute Gasteiger partial charge is 0.158 e. The van der Waals surface area contributed by atoms with E-state index in [9.17, 15) is 14.4 Å². The van der Waals surface area contributed by atoms with Crippen LogP contribution in [0.5, 0.6) is 0 Å². The monoisotopic (exact) mass is 279 g/mol. The number of nitriles is 1. The average molecular weight is 280 g/mol. The zero-order chi connectivity index (χ0) is 14.3. The highest BCUT2D eigenvalue weighted by Crippen LogP contribution is 2.47. The number of halogens is 2. The summed E-state index contributed by atoms with van der Waals surface area (Å²) in [6.45, 7) is 3.72. The van der Waals surface area contributed by atoms with Gasteiger partial charge in [0.2, 0.25) is 0 Å². The molecule has 0 bridgehead atoms. The molecule has 0 saturated heterocycles. The van der Waals surface area contributed by atoms with Gasteiger partial charge < -0.3 is 0 Å². The molecule has 0 radical (unpaired) electrons. The van der Waals surface area contributed by atoms with Crippen molar-refractivity contribution >= 4 is 17.4 Å². The van der Waals surface area contributed by atoms with E-state index in [0.717, 1.165) is 0 Å². The maximum absolute atomic E-state index is 13.0. The van der Waals surface area contributed by atoms with Gasteiger partial charge in [0.15, 0.2) is 5.78 Å². The van der Waals surface area contributed by atoms with Crippen LogP contribution in [0.4, 0.5) is 4.39 Å². The molecule has 1 fully saturated rings. The molecule has 1 aliphatic rings. The molecule has 0 aromatic heterocycles. The highest BCUT2D eigenvalue weighted by molar-refractivity contribution is 6.31. The predicted molar refractivity (Wildman–Crippen MR) is 71.2 cm³/mol. The van der Waals surface area contributed by atoms with Gasteiger partial charge in [-0.25, -0.2) is 4.39 Å². The minimum absolute atomic E-state index is 0.0390. The van der Waals surface area contributed by atoms with E-state index in [4.69, 9.17) is 11.6 Å². The third-order valence-electron chi connectivity index (χ3n) is 3.95. The molecule has 100 valence electrons. The Kier molecular flexibility index (Phi) is 3.40. The van der Waals surface area contributed by atoms with Crippen LogP contribution in [0.2, 0.25) is 5.02 Å². The van der Waals surface area contributed by atoms with Gasteiger partial charge >= 0.3 is 0 Å². The second-order valence-electron chi connectivity index (χ2n) is 5.82. The summed E-state index contributed by atoms with van der Waals surface area (Å²) in [6.07, 6.45) is 1.48. The summed E-state index contributed by atoms with van der Waals surface area (Å²) in [5, 5.41) is 9.71. The molecule has 1 aliphatic carbocycles. The Labute approximate surface area is 117 Å². The van der Waals surface area contributed by atoms with E-state index in [1.165, 1.54) is 12.1 Å². The number of carbonyl (C=O) groups is 1. The van der Waals surface area contributed by atoms with Crippen molar-refractivity contribution in [1.82, 2.24) is 0 Å². The van der Waals surface area contributed by atoms with Crippen LogP contribution in [0.15, 0.2) is 18.2 Å². The van der Waals surface area contributed by atoms with Gasteiger partial charge in [-0.1, -0.05) is 31.5 Å². The van der Waals surface area contributed by atoms with Gasteiger partial charge in [-0.15, -0.1) is 0 Å². The quantitative estimate of drug-likeness (QED) is 0.823. The van der Waals surface area contributed by atoms with Gasteiger partial charge in [-0.3, -0.25) is 4.79 Å². The normalized spacial score (nSPS) is 25.3. The summed E-state index contributed by atoms with van der Waals surface area (Å²) >= 11 is 5.98.